The first kappa shape index (κ1) is 16.9. The van der Waals surface area contributed by atoms with Gasteiger partial charge in [0.1, 0.15) is 5.82 Å². The summed E-state index contributed by atoms with van der Waals surface area (Å²) < 4.78 is 15.1. The predicted molar refractivity (Wildman–Crippen MR) is 99.3 cm³/mol. The SMILES string of the molecule is Cc1cc(-c2ncccc2Cc2ccn3c(C(=O)O)ncc3c2)ccc1F. The molecule has 27 heavy (non-hydrogen) atoms. The number of aryl methyl sites for hydroxylation is 1. The van der Waals surface area contributed by atoms with Crippen LogP contribution in [0.2, 0.25) is 0 Å². The van der Waals surface area contributed by atoms with Gasteiger partial charge in [-0.05, 0) is 66.4 Å². The third kappa shape index (κ3) is 3.17. The molecule has 0 radical (unpaired) electrons. The minimum Gasteiger partial charge on any atom is -0.475 e. The van der Waals surface area contributed by atoms with Crippen LogP contribution in [-0.4, -0.2) is 25.4 Å². The number of imidazole rings is 1. The Bertz CT molecular complexity index is 1170. The largest absolute Gasteiger partial charge is 0.475 e. The molecule has 3 heterocycles. The summed E-state index contributed by atoms with van der Waals surface area (Å²) in [6.45, 7) is 1.73. The lowest BCUT2D eigenvalue weighted by molar-refractivity contribution is 0.0683. The summed E-state index contributed by atoms with van der Waals surface area (Å²) in [6.07, 6.45) is 5.58. The van der Waals surface area contributed by atoms with Crippen molar-refractivity contribution in [2.45, 2.75) is 13.3 Å². The zero-order valence-corrected chi connectivity index (χ0v) is 14.6. The number of fused-ring (bicyclic) bond motifs is 1. The number of pyridine rings is 2. The molecule has 0 spiro atoms. The second kappa shape index (κ2) is 6.64. The van der Waals surface area contributed by atoms with Gasteiger partial charge >= 0.3 is 5.97 Å². The Morgan fingerprint density at radius 1 is 1.19 bits per heavy atom. The van der Waals surface area contributed by atoms with Gasteiger partial charge in [-0.15, -0.1) is 0 Å². The lowest BCUT2D eigenvalue weighted by atomic mass is 9.99. The highest BCUT2D eigenvalue weighted by Crippen LogP contribution is 2.25. The van der Waals surface area contributed by atoms with E-state index in [1.54, 1.807) is 42.0 Å². The van der Waals surface area contributed by atoms with Gasteiger partial charge in [-0.25, -0.2) is 14.2 Å². The molecule has 0 fully saturated rings. The molecule has 3 aromatic heterocycles. The molecular formula is C21H16FN3O2. The Kier molecular flexibility index (Phi) is 4.16. The molecule has 0 bridgehead atoms. The first-order valence-electron chi connectivity index (χ1n) is 8.42. The van der Waals surface area contributed by atoms with Crippen molar-refractivity contribution in [3.05, 3.63) is 89.4 Å². The summed E-state index contributed by atoms with van der Waals surface area (Å²) in [5.74, 6) is -1.32. The Morgan fingerprint density at radius 2 is 2.04 bits per heavy atom. The maximum Gasteiger partial charge on any atom is 0.372 e. The van der Waals surface area contributed by atoms with Gasteiger partial charge in [0.05, 0.1) is 17.4 Å². The average molecular weight is 361 g/mol. The maximum atomic E-state index is 13.6. The van der Waals surface area contributed by atoms with Crippen molar-refractivity contribution in [3.63, 3.8) is 0 Å². The van der Waals surface area contributed by atoms with Gasteiger partial charge in [0.25, 0.3) is 0 Å². The summed E-state index contributed by atoms with van der Waals surface area (Å²) in [5.41, 5.74) is 4.97. The highest BCUT2D eigenvalue weighted by molar-refractivity contribution is 5.85. The first-order valence-corrected chi connectivity index (χ1v) is 8.42. The van der Waals surface area contributed by atoms with Crippen LogP contribution in [-0.2, 0) is 6.42 Å². The van der Waals surface area contributed by atoms with E-state index in [9.17, 15) is 9.18 Å². The fourth-order valence-electron chi connectivity index (χ4n) is 3.17. The Labute approximate surface area is 154 Å². The first-order chi connectivity index (χ1) is 13.0. The van der Waals surface area contributed by atoms with Crippen molar-refractivity contribution in [2.75, 3.05) is 0 Å². The van der Waals surface area contributed by atoms with E-state index < -0.39 is 5.97 Å². The molecule has 4 aromatic rings. The summed E-state index contributed by atoms with van der Waals surface area (Å²) in [6, 6.07) is 12.6. The lowest BCUT2D eigenvalue weighted by Crippen LogP contribution is -2.03. The number of hydrogen-bond donors (Lipinski definition) is 1. The molecular weight excluding hydrogens is 345 g/mol. The van der Waals surface area contributed by atoms with Crippen LogP contribution in [0.5, 0.6) is 0 Å². The van der Waals surface area contributed by atoms with E-state index in [2.05, 4.69) is 9.97 Å². The lowest BCUT2D eigenvalue weighted by Gasteiger charge is -2.10. The van der Waals surface area contributed by atoms with Crippen LogP contribution in [0.3, 0.4) is 0 Å². The van der Waals surface area contributed by atoms with Crippen LogP contribution in [0.25, 0.3) is 16.8 Å². The number of aromatic carboxylic acids is 1. The minimum absolute atomic E-state index is 0.0135. The molecule has 6 heteroatoms. The molecule has 0 aliphatic carbocycles. The molecule has 1 N–H and O–H groups in total. The molecule has 0 aliphatic heterocycles. The monoisotopic (exact) mass is 361 g/mol. The van der Waals surface area contributed by atoms with Crippen molar-refractivity contribution in [1.29, 1.82) is 0 Å². The molecule has 1 aromatic carbocycles. The third-order valence-corrected chi connectivity index (χ3v) is 4.50. The van der Waals surface area contributed by atoms with Gasteiger partial charge in [0.15, 0.2) is 0 Å². The summed E-state index contributed by atoms with van der Waals surface area (Å²) in [7, 11) is 0. The second-order valence-electron chi connectivity index (χ2n) is 6.37. The zero-order valence-electron chi connectivity index (χ0n) is 14.6. The summed E-state index contributed by atoms with van der Waals surface area (Å²) in [4.78, 5) is 19.6. The Balaban J connectivity index is 1.72. The number of carboxylic acids is 1. The molecule has 4 rings (SSSR count). The predicted octanol–water partition coefficient (Wildman–Crippen LogP) is 4.13. The van der Waals surface area contributed by atoms with Crippen LogP contribution in [0.15, 0.2) is 61.1 Å². The third-order valence-electron chi connectivity index (χ3n) is 4.50. The summed E-state index contributed by atoms with van der Waals surface area (Å²) in [5, 5.41) is 9.16. The van der Waals surface area contributed by atoms with Crippen LogP contribution in [0, 0.1) is 12.7 Å². The average Bonchev–Trinajstić information content (AvgIpc) is 3.08. The number of benzene rings is 1. The van der Waals surface area contributed by atoms with E-state index in [-0.39, 0.29) is 11.6 Å². The van der Waals surface area contributed by atoms with Crippen LogP contribution < -0.4 is 0 Å². The van der Waals surface area contributed by atoms with E-state index >= 15 is 0 Å². The fraction of sp³-hybridized carbons (Fsp3) is 0.0952. The normalized spacial score (nSPS) is 11.0. The van der Waals surface area contributed by atoms with Crippen molar-refractivity contribution in [1.82, 2.24) is 14.4 Å². The van der Waals surface area contributed by atoms with Crippen LogP contribution in [0.4, 0.5) is 4.39 Å². The van der Waals surface area contributed by atoms with Crippen molar-refractivity contribution < 1.29 is 14.3 Å². The molecule has 0 saturated heterocycles. The highest BCUT2D eigenvalue weighted by Gasteiger charge is 2.13. The topological polar surface area (TPSA) is 67.5 Å². The van der Waals surface area contributed by atoms with Gasteiger partial charge in [-0.2, -0.15) is 0 Å². The molecule has 0 atom stereocenters. The summed E-state index contributed by atoms with van der Waals surface area (Å²) >= 11 is 0. The smallest absolute Gasteiger partial charge is 0.372 e. The number of halogens is 1. The van der Waals surface area contributed by atoms with Crippen LogP contribution in [0.1, 0.15) is 27.3 Å². The number of hydrogen-bond acceptors (Lipinski definition) is 3. The number of carboxylic acid groups (broad SMARTS) is 1. The van der Waals surface area contributed by atoms with Gasteiger partial charge in [0, 0.05) is 18.0 Å². The van der Waals surface area contributed by atoms with Crippen molar-refractivity contribution in [2.24, 2.45) is 0 Å². The van der Waals surface area contributed by atoms with Gasteiger partial charge < -0.3 is 5.11 Å². The van der Waals surface area contributed by atoms with Gasteiger partial charge in [0.2, 0.25) is 5.82 Å². The Hall–Kier alpha value is -3.54. The molecule has 0 unspecified atom stereocenters. The van der Waals surface area contributed by atoms with Crippen molar-refractivity contribution >= 4 is 11.5 Å². The van der Waals surface area contributed by atoms with E-state index in [4.69, 9.17) is 5.11 Å². The number of rotatable bonds is 4. The zero-order chi connectivity index (χ0) is 19.0. The molecule has 134 valence electrons. The van der Waals surface area contributed by atoms with E-state index in [1.807, 2.05) is 24.3 Å². The highest BCUT2D eigenvalue weighted by atomic mass is 19.1. The Morgan fingerprint density at radius 3 is 2.81 bits per heavy atom. The van der Waals surface area contributed by atoms with Crippen molar-refractivity contribution in [3.8, 4) is 11.3 Å². The molecule has 5 nitrogen and oxygen atoms in total. The van der Waals surface area contributed by atoms with E-state index in [1.165, 1.54) is 6.07 Å². The van der Waals surface area contributed by atoms with Gasteiger partial charge in [-0.1, -0.05) is 6.07 Å². The van der Waals surface area contributed by atoms with E-state index in [0.717, 1.165) is 22.4 Å². The van der Waals surface area contributed by atoms with E-state index in [0.29, 0.717) is 17.5 Å². The fourth-order valence-corrected chi connectivity index (χ4v) is 3.17. The molecule has 0 aliphatic rings. The van der Waals surface area contributed by atoms with Crippen LogP contribution >= 0.6 is 0 Å². The molecule has 0 saturated carbocycles. The second-order valence-corrected chi connectivity index (χ2v) is 6.37. The number of carbonyl (C=O) groups is 1. The standard InChI is InChI=1S/C21H16FN3O2/c1-13-9-16(4-5-18(13)22)19-15(3-2-7-23-19)10-14-6-8-25-17(11-14)12-24-20(25)21(26)27/h2-9,11-12H,10H2,1H3,(H,26,27). The number of nitrogens with zero attached hydrogens (tertiary/aromatic N) is 3. The van der Waals surface area contributed by atoms with Gasteiger partial charge in [-0.3, -0.25) is 9.38 Å². The maximum absolute atomic E-state index is 13.6. The minimum atomic E-state index is -1.07. The number of aromatic nitrogens is 3. The molecule has 0 amide bonds. The quantitative estimate of drug-likeness (QED) is 0.593.